The molecular formula is C15H22FNO3. The zero-order valence-electron chi connectivity index (χ0n) is 12.4. The van der Waals surface area contributed by atoms with Gasteiger partial charge in [0.2, 0.25) is 0 Å². The number of hydrogen-bond donors (Lipinski definition) is 1. The molecule has 0 aliphatic heterocycles. The molecule has 1 aromatic carbocycles. The van der Waals surface area contributed by atoms with Gasteiger partial charge in [-0.15, -0.1) is 0 Å². The first-order valence-electron chi connectivity index (χ1n) is 6.62. The first kappa shape index (κ1) is 16.4. The maximum absolute atomic E-state index is 12.8. The van der Waals surface area contributed by atoms with Crippen LogP contribution in [-0.2, 0) is 9.53 Å². The number of carbonyl (C=O) groups excluding carboxylic acids is 1. The van der Waals surface area contributed by atoms with E-state index in [1.54, 1.807) is 19.1 Å². The summed E-state index contributed by atoms with van der Waals surface area (Å²) in [5.41, 5.74) is -0.803. The van der Waals surface area contributed by atoms with Gasteiger partial charge in [0.05, 0.1) is 13.7 Å². The van der Waals surface area contributed by atoms with Crippen LogP contribution >= 0.6 is 0 Å². The molecule has 1 aromatic rings. The van der Waals surface area contributed by atoms with E-state index in [-0.39, 0.29) is 17.8 Å². The van der Waals surface area contributed by atoms with Gasteiger partial charge in [-0.05, 0) is 45.0 Å². The highest BCUT2D eigenvalue weighted by Gasteiger charge is 2.34. The van der Waals surface area contributed by atoms with Gasteiger partial charge in [0.25, 0.3) is 0 Å². The standard InChI is InChI=1S/C15H22FNO3/c1-11(2)17-15(3,14(18)19-4)9-10-20-13-7-5-12(16)6-8-13/h5-8,11,17H,9-10H2,1-4H3. The number of nitrogens with one attached hydrogen (secondary N) is 1. The van der Waals surface area contributed by atoms with E-state index in [2.05, 4.69) is 5.32 Å². The van der Waals surface area contributed by atoms with Gasteiger partial charge in [-0.1, -0.05) is 0 Å². The highest BCUT2D eigenvalue weighted by Crippen LogP contribution is 2.16. The summed E-state index contributed by atoms with van der Waals surface area (Å²) >= 11 is 0. The van der Waals surface area contributed by atoms with Gasteiger partial charge < -0.3 is 9.47 Å². The fourth-order valence-electron chi connectivity index (χ4n) is 2.00. The summed E-state index contributed by atoms with van der Waals surface area (Å²) in [5, 5.41) is 3.19. The number of benzene rings is 1. The first-order chi connectivity index (χ1) is 9.37. The van der Waals surface area contributed by atoms with E-state index in [9.17, 15) is 9.18 Å². The van der Waals surface area contributed by atoms with E-state index in [0.717, 1.165) is 0 Å². The molecule has 0 heterocycles. The Morgan fingerprint density at radius 1 is 1.35 bits per heavy atom. The fourth-order valence-corrected chi connectivity index (χ4v) is 2.00. The first-order valence-corrected chi connectivity index (χ1v) is 6.62. The Balaban J connectivity index is 2.58. The summed E-state index contributed by atoms with van der Waals surface area (Å²) < 4.78 is 23.1. The van der Waals surface area contributed by atoms with Gasteiger partial charge >= 0.3 is 5.97 Å². The van der Waals surface area contributed by atoms with E-state index in [4.69, 9.17) is 9.47 Å². The van der Waals surface area contributed by atoms with Crippen LogP contribution in [0.2, 0.25) is 0 Å². The quantitative estimate of drug-likeness (QED) is 0.781. The van der Waals surface area contributed by atoms with Crippen molar-refractivity contribution in [2.75, 3.05) is 13.7 Å². The molecule has 0 aliphatic rings. The fraction of sp³-hybridized carbons (Fsp3) is 0.533. The van der Waals surface area contributed by atoms with Gasteiger partial charge in [0.15, 0.2) is 0 Å². The lowest BCUT2D eigenvalue weighted by Gasteiger charge is -2.30. The Morgan fingerprint density at radius 3 is 2.45 bits per heavy atom. The minimum absolute atomic E-state index is 0.143. The summed E-state index contributed by atoms with van der Waals surface area (Å²) in [6.07, 6.45) is 0.454. The third kappa shape index (κ3) is 4.81. The predicted molar refractivity (Wildman–Crippen MR) is 75.2 cm³/mol. The van der Waals surface area contributed by atoms with Crippen molar-refractivity contribution in [1.82, 2.24) is 5.32 Å². The lowest BCUT2D eigenvalue weighted by Crippen LogP contribution is -2.53. The van der Waals surface area contributed by atoms with Gasteiger partial charge in [0.1, 0.15) is 17.1 Å². The van der Waals surface area contributed by atoms with Crippen molar-refractivity contribution in [1.29, 1.82) is 0 Å². The molecule has 1 atom stereocenters. The van der Waals surface area contributed by atoms with Crippen LogP contribution in [0.1, 0.15) is 27.2 Å². The molecule has 0 amide bonds. The smallest absolute Gasteiger partial charge is 0.325 e. The Labute approximate surface area is 119 Å². The maximum Gasteiger partial charge on any atom is 0.325 e. The van der Waals surface area contributed by atoms with E-state index in [0.29, 0.717) is 18.8 Å². The van der Waals surface area contributed by atoms with Crippen LogP contribution < -0.4 is 10.1 Å². The van der Waals surface area contributed by atoms with Crippen LogP contribution in [0.4, 0.5) is 4.39 Å². The average molecular weight is 283 g/mol. The summed E-state index contributed by atoms with van der Waals surface area (Å²) in [6.45, 7) is 6.04. The van der Waals surface area contributed by atoms with Crippen molar-refractivity contribution in [2.45, 2.75) is 38.8 Å². The van der Waals surface area contributed by atoms with Gasteiger partial charge in [-0.2, -0.15) is 0 Å². The zero-order valence-corrected chi connectivity index (χ0v) is 12.4. The topological polar surface area (TPSA) is 47.6 Å². The highest BCUT2D eigenvalue weighted by molar-refractivity contribution is 5.80. The second-order valence-electron chi connectivity index (χ2n) is 5.18. The van der Waals surface area contributed by atoms with Crippen molar-refractivity contribution >= 4 is 5.97 Å². The average Bonchev–Trinajstić information content (AvgIpc) is 2.39. The van der Waals surface area contributed by atoms with Crippen LogP contribution in [0.15, 0.2) is 24.3 Å². The molecule has 5 heteroatoms. The van der Waals surface area contributed by atoms with E-state index in [1.807, 2.05) is 13.8 Å². The van der Waals surface area contributed by atoms with Gasteiger partial charge in [0, 0.05) is 12.5 Å². The third-order valence-electron chi connectivity index (χ3n) is 2.93. The highest BCUT2D eigenvalue weighted by atomic mass is 19.1. The SMILES string of the molecule is COC(=O)C(C)(CCOc1ccc(F)cc1)NC(C)C. The minimum Gasteiger partial charge on any atom is -0.494 e. The largest absolute Gasteiger partial charge is 0.494 e. The van der Waals surface area contributed by atoms with Crippen LogP contribution in [0.5, 0.6) is 5.75 Å². The number of ether oxygens (including phenoxy) is 2. The molecule has 0 saturated heterocycles. The van der Waals surface area contributed by atoms with Crippen LogP contribution in [-0.4, -0.2) is 31.3 Å². The molecule has 112 valence electrons. The van der Waals surface area contributed by atoms with Gasteiger partial charge in [-0.3, -0.25) is 10.1 Å². The van der Waals surface area contributed by atoms with Crippen LogP contribution in [0, 0.1) is 5.82 Å². The normalized spacial score (nSPS) is 13.9. The van der Waals surface area contributed by atoms with Crippen LogP contribution in [0.3, 0.4) is 0 Å². The van der Waals surface area contributed by atoms with E-state index < -0.39 is 5.54 Å². The number of rotatable bonds is 7. The number of esters is 1. The van der Waals surface area contributed by atoms with Crippen molar-refractivity contribution in [3.63, 3.8) is 0 Å². The third-order valence-corrected chi connectivity index (χ3v) is 2.93. The van der Waals surface area contributed by atoms with Crippen LogP contribution in [0.25, 0.3) is 0 Å². The molecule has 0 bridgehead atoms. The minimum atomic E-state index is -0.803. The molecule has 0 aliphatic carbocycles. The summed E-state index contributed by atoms with van der Waals surface area (Å²) in [6, 6.07) is 5.92. The van der Waals surface area contributed by atoms with E-state index >= 15 is 0 Å². The Kier molecular flexibility index (Phi) is 5.95. The number of methoxy groups -OCH3 is 1. The zero-order chi connectivity index (χ0) is 15.2. The molecule has 4 nitrogen and oxygen atoms in total. The number of halogens is 1. The molecule has 0 aromatic heterocycles. The van der Waals surface area contributed by atoms with Crippen molar-refractivity contribution < 1.29 is 18.7 Å². The number of hydrogen-bond acceptors (Lipinski definition) is 4. The summed E-state index contributed by atoms with van der Waals surface area (Å²) in [4.78, 5) is 11.9. The Hall–Kier alpha value is -1.62. The second-order valence-corrected chi connectivity index (χ2v) is 5.18. The Bertz CT molecular complexity index is 433. The second kappa shape index (κ2) is 7.24. The maximum atomic E-state index is 12.8. The monoisotopic (exact) mass is 283 g/mol. The number of carbonyl (C=O) groups is 1. The van der Waals surface area contributed by atoms with Crippen molar-refractivity contribution in [3.05, 3.63) is 30.1 Å². The lowest BCUT2D eigenvalue weighted by molar-refractivity contribution is -0.148. The molecule has 20 heavy (non-hydrogen) atoms. The summed E-state index contributed by atoms with van der Waals surface area (Å²) in [7, 11) is 1.36. The Morgan fingerprint density at radius 2 is 1.95 bits per heavy atom. The lowest BCUT2D eigenvalue weighted by atomic mass is 9.97. The molecule has 0 saturated carbocycles. The molecule has 1 rings (SSSR count). The van der Waals surface area contributed by atoms with Gasteiger partial charge in [-0.25, -0.2) is 4.39 Å². The van der Waals surface area contributed by atoms with Crippen molar-refractivity contribution in [3.8, 4) is 5.75 Å². The van der Waals surface area contributed by atoms with Crippen molar-refractivity contribution in [2.24, 2.45) is 0 Å². The molecule has 0 radical (unpaired) electrons. The molecule has 0 fully saturated rings. The predicted octanol–water partition coefficient (Wildman–Crippen LogP) is 2.52. The molecule has 1 unspecified atom stereocenters. The molecule has 1 N–H and O–H groups in total. The molecule has 0 spiro atoms. The summed E-state index contributed by atoms with van der Waals surface area (Å²) in [5.74, 6) is -0.0599. The molecular weight excluding hydrogens is 261 g/mol. The van der Waals surface area contributed by atoms with E-state index in [1.165, 1.54) is 19.2 Å².